The lowest BCUT2D eigenvalue weighted by atomic mass is 10.1. The highest BCUT2D eigenvalue weighted by Gasteiger charge is 2.12. The molecule has 0 radical (unpaired) electrons. The minimum Gasteiger partial charge on any atom is -0.216 e. The van der Waals surface area contributed by atoms with Gasteiger partial charge in [-0.25, -0.2) is 4.98 Å². The summed E-state index contributed by atoms with van der Waals surface area (Å²) >= 11 is 5.95. The van der Waals surface area contributed by atoms with E-state index >= 15 is 0 Å². The zero-order chi connectivity index (χ0) is 13.5. The first-order chi connectivity index (χ1) is 9.83. The first kappa shape index (κ1) is 11.3. The number of pyridine rings is 2. The van der Waals surface area contributed by atoms with Crippen LogP contribution in [-0.4, -0.2) is 25.0 Å². The van der Waals surface area contributed by atoms with Crippen LogP contribution in [0.4, 0.5) is 0 Å². The number of aromatic nitrogens is 5. The van der Waals surface area contributed by atoms with Gasteiger partial charge in [0, 0.05) is 10.9 Å². The summed E-state index contributed by atoms with van der Waals surface area (Å²) in [5.41, 5.74) is 3.34. The Morgan fingerprint density at radius 3 is 2.65 bits per heavy atom. The Balaban J connectivity index is 2.15. The van der Waals surface area contributed by atoms with Crippen LogP contribution in [0.15, 0.2) is 48.5 Å². The molecule has 20 heavy (non-hydrogen) atoms. The molecule has 0 atom stereocenters. The van der Waals surface area contributed by atoms with Crippen LogP contribution >= 0.6 is 11.6 Å². The van der Waals surface area contributed by atoms with Crippen molar-refractivity contribution in [3.8, 4) is 11.1 Å². The monoisotopic (exact) mass is 281 g/mol. The lowest BCUT2D eigenvalue weighted by Gasteiger charge is -2.06. The Morgan fingerprint density at radius 1 is 0.950 bits per heavy atom. The fourth-order valence-electron chi connectivity index (χ4n) is 2.27. The molecule has 4 rings (SSSR count). The van der Waals surface area contributed by atoms with Crippen molar-refractivity contribution < 1.29 is 0 Å². The molecule has 0 fully saturated rings. The van der Waals surface area contributed by atoms with Crippen molar-refractivity contribution in [2.45, 2.75) is 0 Å². The van der Waals surface area contributed by atoms with Crippen LogP contribution in [0.1, 0.15) is 0 Å². The Kier molecular flexibility index (Phi) is 2.40. The van der Waals surface area contributed by atoms with Crippen molar-refractivity contribution in [2.24, 2.45) is 0 Å². The van der Waals surface area contributed by atoms with Crippen molar-refractivity contribution in [1.29, 1.82) is 0 Å². The van der Waals surface area contributed by atoms with Gasteiger partial charge in [0.15, 0.2) is 11.3 Å². The van der Waals surface area contributed by atoms with E-state index in [2.05, 4.69) is 20.5 Å². The highest BCUT2D eigenvalue weighted by molar-refractivity contribution is 6.29. The molecule has 0 aliphatic carbocycles. The number of fused-ring (bicyclic) bond motifs is 3. The topological polar surface area (TPSA) is 56.0 Å². The maximum Gasteiger partial charge on any atom is 0.189 e. The summed E-state index contributed by atoms with van der Waals surface area (Å²) in [6.45, 7) is 0. The van der Waals surface area contributed by atoms with Crippen LogP contribution < -0.4 is 0 Å². The molecular weight excluding hydrogens is 274 g/mol. The highest BCUT2D eigenvalue weighted by atomic mass is 35.5. The first-order valence-corrected chi connectivity index (χ1v) is 6.43. The van der Waals surface area contributed by atoms with E-state index in [9.17, 15) is 0 Å². The van der Waals surface area contributed by atoms with Crippen LogP contribution in [0, 0.1) is 0 Å². The van der Waals surface area contributed by atoms with Gasteiger partial charge < -0.3 is 0 Å². The number of hydrogen-bond donors (Lipinski definition) is 0. The van der Waals surface area contributed by atoms with Gasteiger partial charge >= 0.3 is 0 Å². The van der Waals surface area contributed by atoms with E-state index < -0.39 is 0 Å². The Morgan fingerprint density at radius 2 is 1.80 bits per heavy atom. The summed E-state index contributed by atoms with van der Waals surface area (Å²) in [4.78, 5) is 4.30. The van der Waals surface area contributed by atoms with Crippen LogP contribution in [0.2, 0.25) is 5.15 Å². The molecule has 0 aliphatic rings. The Bertz CT molecular complexity index is 917. The molecule has 6 heteroatoms. The number of halogens is 1. The quantitative estimate of drug-likeness (QED) is 0.503. The maximum absolute atomic E-state index is 5.95. The molecule has 0 saturated heterocycles. The minimum atomic E-state index is 0.418. The third-order valence-corrected chi connectivity index (χ3v) is 3.38. The normalized spacial score (nSPS) is 11.2. The summed E-state index contributed by atoms with van der Waals surface area (Å²) in [6.07, 6.45) is 0. The van der Waals surface area contributed by atoms with E-state index in [1.165, 1.54) is 0 Å². The summed E-state index contributed by atoms with van der Waals surface area (Å²) in [6, 6.07) is 15.7. The molecule has 0 unspecified atom stereocenters. The van der Waals surface area contributed by atoms with Crippen molar-refractivity contribution in [3.63, 3.8) is 0 Å². The molecule has 96 valence electrons. The molecule has 0 aliphatic heterocycles. The van der Waals surface area contributed by atoms with Gasteiger partial charge in [0.05, 0.1) is 0 Å². The number of tetrazole rings is 1. The highest BCUT2D eigenvalue weighted by Crippen LogP contribution is 2.27. The molecule has 0 bridgehead atoms. The van der Waals surface area contributed by atoms with Crippen LogP contribution in [-0.2, 0) is 0 Å². The third-order valence-electron chi connectivity index (χ3n) is 3.17. The zero-order valence-electron chi connectivity index (χ0n) is 10.2. The predicted octanol–water partition coefficient (Wildman–Crippen LogP) is 2.99. The van der Waals surface area contributed by atoms with E-state index in [0.717, 1.165) is 16.5 Å². The third kappa shape index (κ3) is 1.64. The molecular formula is C14H8ClN5. The van der Waals surface area contributed by atoms with Gasteiger partial charge in [0.2, 0.25) is 0 Å². The number of nitrogens with zero attached hydrogens (tertiary/aromatic N) is 5. The first-order valence-electron chi connectivity index (χ1n) is 6.06. The van der Waals surface area contributed by atoms with E-state index in [1.807, 2.05) is 42.5 Å². The minimum absolute atomic E-state index is 0.418. The second-order valence-electron chi connectivity index (χ2n) is 4.39. The molecule has 0 saturated carbocycles. The lowest BCUT2D eigenvalue weighted by Crippen LogP contribution is -1.96. The summed E-state index contributed by atoms with van der Waals surface area (Å²) in [7, 11) is 0. The van der Waals surface area contributed by atoms with Crippen molar-refractivity contribution >= 4 is 28.3 Å². The lowest BCUT2D eigenvalue weighted by molar-refractivity contribution is 0.835. The van der Waals surface area contributed by atoms with Crippen molar-refractivity contribution in [2.75, 3.05) is 0 Å². The van der Waals surface area contributed by atoms with Crippen molar-refractivity contribution in [1.82, 2.24) is 25.0 Å². The Labute approximate surface area is 118 Å². The van der Waals surface area contributed by atoms with Gasteiger partial charge in [-0.1, -0.05) is 41.9 Å². The largest absolute Gasteiger partial charge is 0.216 e. The van der Waals surface area contributed by atoms with Crippen LogP contribution in [0.25, 0.3) is 27.8 Å². The van der Waals surface area contributed by atoms with Gasteiger partial charge in [-0.2, -0.15) is 4.52 Å². The molecule has 1 aromatic carbocycles. The van der Waals surface area contributed by atoms with E-state index in [-0.39, 0.29) is 0 Å². The van der Waals surface area contributed by atoms with E-state index in [1.54, 1.807) is 10.6 Å². The van der Waals surface area contributed by atoms with Gasteiger partial charge in [-0.3, -0.25) is 0 Å². The standard InChI is InChI=1S/C14H8ClN5/c15-12-7-6-10-8-11(9-4-2-1-3-5-9)14-17-18-19-20(14)13(10)16-12/h1-8H. The molecule has 3 aromatic heterocycles. The van der Waals surface area contributed by atoms with Gasteiger partial charge in [0.1, 0.15) is 5.15 Å². The smallest absolute Gasteiger partial charge is 0.189 e. The summed E-state index contributed by atoms with van der Waals surface area (Å²) < 4.78 is 1.61. The summed E-state index contributed by atoms with van der Waals surface area (Å²) in [5, 5.41) is 13.2. The molecule has 3 heterocycles. The molecule has 4 aromatic rings. The van der Waals surface area contributed by atoms with Crippen LogP contribution in [0.5, 0.6) is 0 Å². The van der Waals surface area contributed by atoms with E-state index in [0.29, 0.717) is 16.4 Å². The molecule has 5 nitrogen and oxygen atoms in total. The fraction of sp³-hybridized carbons (Fsp3) is 0. The SMILES string of the molecule is Clc1ccc2cc(-c3ccccc3)c3nnnn3c2n1. The number of rotatable bonds is 1. The zero-order valence-corrected chi connectivity index (χ0v) is 11.0. The number of hydrogen-bond acceptors (Lipinski definition) is 4. The van der Waals surface area contributed by atoms with Gasteiger partial charge in [-0.15, -0.1) is 5.10 Å². The second-order valence-corrected chi connectivity index (χ2v) is 4.77. The average Bonchev–Trinajstić information content (AvgIpc) is 2.97. The van der Waals surface area contributed by atoms with Gasteiger partial charge in [-0.05, 0) is 34.2 Å². The molecule has 0 amide bonds. The average molecular weight is 282 g/mol. The number of benzene rings is 1. The van der Waals surface area contributed by atoms with Crippen LogP contribution in [0.3, 0.4) is 0 Å². The second kappa shape index (κ2) is 4.25. The Hall–Kier alpha value is -2.53. The maximum atomic E-state index is 5.95. The predicted molar refractivity (Wildman–Crippen MR) is 76.5 cm³/mol. The van der Waals surface area contributed by atoms with Gasteiger partial charge in [0.25, 0.3) is 0 Å². The van der Waals surface area contributed by atoms with Crippen molar-refractivity contribution in [3.05, 3.63) is 53.7 Å². The fourth-order valence-corrected chi connectivity index (χ4v) is 2.41. The molecule has 0 spiro atoms. The molecule has 0 N–H and O–H groups in total. The van der Waals surface area contributed by atoms with E-state index in [4.69, 9.17) is 11.6 Å². The summed E-state index contributed by atoms with van der Waals surface area (Å²) in [5.74, 6) is 0.